The highest BCUT2D eigenvalue weighted by atomic mass is 35.5. The average molecular weight is 282 g/mol. The highest BCUT2D eigenvalue weighted by Crippen LogP contribution is 2.38. The third kappa shape index (κ3) is 2.67. The first-order valence-corrected chi connectivity index (χ1v) is 6.86. The molecule has 2 unspecified atom stereocenters. The van der Waals surface area contributed by atoms with Gasteiger partial charge in [-0.15, -0.1) is 0 Å². The molecule has 102 valence electrons. The van der Waals surface area contributed by atoms with E-state index in [1.54, 1.807) is 0 Å². The Labute approximate surface area is 116 Å². The molecule has 19 heavy (non-hydrogen) atoms. The number of amides is 1. The minimum Gasteiger partial charge on any atom is -0.384 e. The van der Waals surface area contributed by atoms with Crippen LogP contribution in [0.2, 0.25) is 5.02 Å². The molecule has 1 aliphatic heterocycles. The number of rotatable bonds is 3. The number of hydrogen-bond acceptors (Lipinski definition) is 4. The van der Waals surface area contributed by atoms with Crippen LogP contribution in [0.15, 0.2) is 12.3 Å². The maximum Gasteiger partial charge on any atom is 0.253 e. The Hall–Kier alpha value is -1.33. The van der Waals surface area contributed by atoms with Gasteiger partial charge < -0.3 is 15.8 Å². The van der Waals surface area contributed by atoms with Gasteiger partial charge in [0.1, 0.15) is 5.82 Å². The van der Waals surface area contributed by atoms with Crippen LogP contribution in [0.3, 0.4) is 0 Å². The lowest BCUT2D eigenvalue weighted by Crippen LogP contribution is -2.41. The first-order chi connectivity index (χ1) is 9.15. The summed E-state index contributed by atoms with van der Waals surface area (Å²) in [5.41, 5.74) is 5.96. The number of nitrogens with two attached hydrogens (primary N) is 1. The normalized spacial score (nSPS) is 26.4. The summed E-state index contributed by atoms with van der Waals surface area (Å²) in [4.78, 5) is 16.1. The Morgan fingerprint density at radius 3 is 3.00 bits per heavy atom. The van der Waals surface area contributed by atoms with Crippen molar-refractivity contribution in [2.45, 2.75) is 31.4 Å². The number of nitrogen functional groups attached to an aromatic ring is 1. The highest BCUT2D eigenvalue weighted by molar-refractivity contribution is 6.33. The Bertz CT molecular complexity index is 505. The van der Waals surface area contributed by atoms with Crippen LogP contribution in [-0.4, -0.2) is 29.6 Å². The summed E-state index contributed by atoms with van der Waals surface area (Å²) in [6.07, 6.45) is 4.79. The molecule has 1 aromatic rings. The lowest BCUT2D eigenvalue weighted by Gasteiger charge is -2.19. The van der Waals surface area contributed by atoms with Crippen LogP contribution in [0.5, 0.6) is 0 Å². The molecule has 1 saturated carbocycles. The molecule has 2 aliphatic rings. The second-order valence-electron chi connectivity index (χ2n) is 5.13. The molecule has 1 aliphatic carbocycles. The fourth-order valence-corrected chi connectivity index (χ4v) is 2.72. The van der Waals surface area contributed by atoms with Gasteiger partial charge in [-0.1, -0.05) is 11.6 Å². The largest absolute Gasteiger partial charge is 0.384 e. The summed E-state index contributed by atoms with van der Waals surface area (Å²) in [6.45, 7) is 0.707. The van der Waals surface area contributed by atoms with E-state index in [0.717, 1.165) is 6.42 Å². The molecular formula is C13H16ClN3O2. The number of anilines is 1. The van der Waals surface area contributed by atoms with Crippen molar-refractivity contribution in [1.29, 1.82) is 0 Å². The standard InChI is InChI=1S/C13H16ClN3O2/c14-9-6-16-11(15)5-8(9)13(18)17-10-3-4-19-12(10)7-1-2-7/h5-7,10,12H,1-4H2,(H2,15,16)(H,17,18). The van der Waals surface area contributed by atoms with E-state index in [0.29, 0.717) is 23.1 Å². The van der Waals surface area contributed by atoms with E-state index in [9.17, 15) is 4.79 Å². The third-order valence-corrected chi connectivity index (χ3v) is 3.96. The van der Waals surface area contributed by atoms with Crippen molar-refractivity contribution in [3.8, 4) is 0 Å². The van der Waals surface area contributed by atoms with Gasteiger partial charge in [-0.05, 0) is 31.2 Å². The molecule has 3 N–H and O–H groups in total. The zero-order valence-corrected chi connectivity index (χ0v) is 11.2. The fraction of sp³-hybridized carbons (Fsp3) is 0.538. The number of pyridine rings is 1. The summed E-state index contributed by atoms with van der Waals surface area (Å²) < 4.78 is 5.70. The number of ether oxygens (including phenoxy) is 1. The van der Waals surface area contributed by atoms with E-state index in [2.05, 4.69) is 10.3 Å². The van der Waals surface area contributed by atoms with E-state index < -0.39 is 0 Å². The molecule has 0 spiro atoms. The van der Waals surface area contributed by atoms with Crippen molar-refractivity contribution in [3.05, 3.63) is 22.8 Å². The summed E-state index contributed by atoms with van der Waals surface area (Å²) in [5.74, 6) is 0.682. The van der Waals surface area contributed by atoms with Gasteiger partial charge >= 0.3 is 0 Å². The number of carbonyl (C=O) groups is 1. The van der Waals surface area contributed by atoms with Crippen LogP contribution in [-0.2, 0) is 4.74 Å². The van der Waals surface area contributed by atoms with Gasteiger partial charge in [-0.3, -0.25) is 4.79 Å². The van der Waals surface area contributed by atoms with Crippen LogP contribution in [0, 0.1) is 5.92 Å². The van der Waals surface area contributed by atoms with Crippen molar-refractivity contribution >= 4 is 23.3 Å². The Morgan fingerprint density at radius 2 is 2.26 bits per heavy atom. The minimum atomic E-state index is -0.208. The van der Waals surface area contributed by atoms with Gasteiger partial charge in [0, 0.05) is 12.8 Å². The van der Waals surface area contributed by atoms with E-state index in [1.807, 2.05) is 0 Å². The van der Waals surface area contributed by atoms with Crippen LogP contribution >= 0.6 is 11.6 Å². The molecule has 1 aromatic heterocycles. The molecule has 0 aromatic carbocycles. The molecule has 2 atom stereocenters. The van der Waals surface area contributed by atoms with Gasteiger partial charge in [-0.2, -0.15) is 0 Å². The Morgan fingerprint density at radius 1 is 1.47 bits per heavy atom. The number of aromatic nitrogens is 1. The SMILES string of the molecule is Nc1cc(C(=O)NC2CCOC2C2CC2)c(Cl)cn1. The molecule has 3 rings (SSSR count). The maximum atomic E-state index is 12.2. The maximum absolute atomic E-state index is 12.2. The van der Waals surface area contributed by atoms with E-state index in [1.165, 1.54) is 25.1 Å². The van der Waals surface area contributed by atoms with Gasteiger partial charge in [0.25, 0.3) is 5.91 Å². The zero-order valence-electron chi connectivity index (χ0n) is 10.4. The molecular weight excluding hydrogens is 266 g/mol. The lowest BCUT2D eigenvalue weighted by atomic mass is 10.1. The molecule has 1 saturated heterocycles. The molecule has 6 heteroatoms. The van der Waals surface area contributed by atoms with E-state index in [4.69, 9.17) is 22.1 Å². The van der Waals surface area contributed by atoms with Crippen LogP contribution in [0.1, 0.15) is 29.6 Å². The summed E-state index contributed by atoms with van der Waals surface area (Å²) in [7, 11) is 0. The van der Waals surface area contributed by atoms with E-state index >= 15 is 0 Å². The third-order valence-electron chi connectivity index (χ3n) is 3.66. The number of halogens is 1. The van der Waals surface area contributed by atoms with Crippen LogP contribution < -0.4 is 11.1 Å². The quantitative estimate of drug-likeness (QED) is 0.882. The van der Waals surface area contributed by atoms with E-state index in [-0.39, 0.29) is 23.9 Å². The monoisotopic (exact) mass is 281 g/mol. The predicted octanol–water partition coefficient (Wildman–Crippen LogP) is 1.61. The van der Waals surface area contributed by atoms with Crippen molar-refractivity contribution in [2.75, 3.05) is 12.3 Å². The van der Waals surface area contributed by atoms with Crippen molar-refractivity contribution in [3.63, 3.8) is 0 Å². The van der Waals surface area contributed by atoms with Gasteiger partial charge in [0.05, 0.1) is 22.7 Å². The summed E-state index contributed by atoms with van der Waals surface area (Å²) >= 11 is 5.98. The molecule has 2 heterocycles. The molecule has 5 nitrogen and oxygen atoms in total. The molecule has 1 amide bonds. The lowest BCUT2D eigenvalue weighted by molar-refractivity contribution is 0.0729. The predicted molar refractivity (Wildman–Crippen MR) is 72.0 cm³/mol. The van der Waals surface area contributed by atoms with Crippen molar-refractivity contribution in [1.82, 2.24) is 10.3 Å². The zero-order chi connectivity index (χ0) is 13.4. The summed E-state index contributed by atoms with van der Waals surface area (Å²) in [6, 6.07) is 1.57. The molecule has 2 fully saturated rings. The minimum absolute atomic E-state index is 0.0745. The van der Waals surface area contributed by atoms with Gasteiger partial charge in [0.2, 0.25) is 0 Å². The topological polar surface area (TPSA) is 77.2 Å². The first kappa shape index (κ1) is 12.7. The smallest absolute Gasteiger partial charge is 0.253 e. The van der Waals surface area contributed by atoms with Crippen LogP contribution in [0.4, 0.5) is 5.82 Å². The first-order valence-electron chi connectivity index (χ1n) is 6.48. The number of hydrogen-bond donors (Lipinski definition) is 2. The Kier molecular flexibility index (Phi) is 3.33. The number of nitrogens with one attached hydrogen (secondary N) is 1. The van der Waals surface area contributed by atoms with Crippen LogP contribution in [0.25, 0.3) is 0 Å². The second-order valence-corrected chi connectivity index (χ2v) is 5.54. The molecule has 0 radical (unpaired) electrons. The van der Waals surface area contributed by atoms with Gasteiger partial charge in [0.15, 0.2) is 0 Å². The van der Waals surface area contributed by atoms with Gasteiger partial charge in [-0.25, -0.2) is 4.98 Å². The highest BCUT2D eigenvalue weighted by Gasteiger charge is 2.41. The summed E-state index contributed by atoms with van der Waals surface area (Å²) in [5, 5.41) is 3.32. The number of nitrogens with zero attached hydrogens (tertiary/aromatic N) is 1. The average Bonchev–Trinajstić information content (AvgIpc) is 3.13. The molecule has 0 bridgehead atoms. The fourth-order valence-electron chi connectivity index (χ4n) is 2.53. The van der Waals surface area contributed by atoms with Crippen molar-refractivity contribution in [2.24, 2.45) is 5.92 Å². The second kappa shape index (κ2) is 4.98. The van der Waals surface area contributed by atoms with Crippen molar-refractivity contribution < 1.29 is 9.53 Å². The number of carbonyl (C=O) groups excluding carboxylic acids is 1. The Balaban J connectivity index is 1.72.